The van der Waals surface area contributed by atoms with Gasteiger partial charge in [0.2, 0.25) is 0 Å². The standard InChI is InChI=1S/C46H43N3O4S3/c1-3-5-25-47-44(52)42(56-46(47)54)45-48(29-41(50)53-4-2)43(51)40(55-45)28-31-21-24-39-37(27-31)35-17-12-18-38(35)49(39)34-22-19-30(20-23-34)26-36(32-13-8-6-9-14-32)33-15-10-7-11-16-33/h6-11,13-16,19-24,26-28,35,38H,3-5,12,17-18,25,29H2,1-2H3. The van der Waals surface area contributed by atoms with Crippen molar-refractivity contribution >= 4 is 85.5 Å². The number of thiocarbonyl (C=S) groups is 1. The lowest BCUT2D eigenvalue weighted by Crippen LogP contribution is -2.36. The fourth-order valence-electron chi connectivity index (χ4n) is 8.12. The molecule has 0 N–H and O–H groups in total. The topological polar surface area (TPSA) is 71.9 Å². The third kappa shape index (κ3) is 7.45. The van der Waals surface area contributed by atoms with Gasteiger partial charge in [-0.15, -0.1) is 11.3 Å². The van der Waals surface area contributed by atoms with Gasteiger partial charge >= 0.3 is 5.97 Å². The second-order valence-electron chi connectivity index (χ2n) is 14.3. The Morgan fingerprint density at radius 3 is 2.27 bits per heavy atom. The maximum Gasteiger partial charge on any atom is 0.326 e. The molecule has 3 aliphatic rings. The number of hydrogen-bond donors (Lipinski definition) is 0. The highest BCUT2D eigenvalue weighted by Crippen LogP contribution is 2.52. The van der Waals surface area contributed by atoms with Crippen molar-refractivity contribution in [1.29, 1.82) is 0 Å². The maximum atomic E-state index is 14.0. The van der Waals surface area contributed by atoms with E-state index in [1.165, 1.54) is 61.3 Å². The van der Waals surface area contributed by atoms with Gasteiger partial charge in [0.15, 0.2) is 0 Å². The second kappa shape index (κ2) is 16.6. The normalized spacial score (nSPS) is 18.7. The summed E-state index contributed by atoms with van der Waals surface area (Å²) in [4.78, 5) is 44.7. The first-order chi connectivity index (χ1) is 27.3. The Kier molecular flexibility index (Phi) is 11.2. The number of esters is 1. The molecule has 8 rings (SSSR count). The minimum absolute atomic E-state index is 0.199. The average Bonchev–Trinajstić information content (AvgIpc) is 3.96. The molecule has 4 aromatic carbocycles. The molecule has 10 heteroatoms. The van der Waals surface area contributed by atoms with Gasteiger partial charge in [-0.25, -0.2) is 0 Å². The van der Waals surface area contributed by atoms with Gasteiger partial charge in [-0.1, -0.05) is 123 Å². The van der Waals surface area contributed by atoms with Gasteiger partial charge in [-0.05, 0) is 96.0 Å². The summed E-state index contributed by atoms with van der Waals surface area (Å²) in [7, 11) is 0. The second-order valence-corrected chi connectivity index (χ2v) is 17.0. The number of hydrogen-bond acceptors (Lipinski definition) is 8. The molecule has 7 nitrogen and oxygen atoms in total. The van der Waals surface area contributed by atoms with Gasteiger partial charge in [-0.2, -0.15) is 0 Å². The largest absolute Gasteiger partial charge is 0.465 e. The quantitative estimate of drug-likeness (QED) is 0.0755. The molecular formula is C46H43N3O4S3. The van der Waals surface area contributed by atoms with E-state index in [-0.39, 0.29) is 24.6 Å². The van der Waals surface area contributed by atoms with Crippen LogP contribution in [0.1, 0.15) is 79.7 Å². The van der Waals surface area contributed by atoms with Crippen molar-refractivity contribution in [3.8, 4) is 0 Å². The molecule has 284 valence electrons. The maximum absolute atomic E-state index is 14.0. The monoisotopic (exact) mass is 797 g/mol. The summed E-state index contributed by atoms with van der Waals surface area (Å²) in [5.74, 6) is -0.359. The molecule has 2 fully saturated rings. The summed E-state index contributed by atoms with van der Waals surface area (Å²) in [6.45, 7) is 4.24. The summed E-state index contributed by atoms with van der Waals surface area (Å²) in [6.07, 6.45) is 9.28. The number of nitrogens with zero attached hydrogens (tertiary/aromatic N) is 3. The van der Waals surface area contributed by atoms with Gasteiger partial charge in [0.1, 0.15) is 20.4 Å². The van der Waals surface area contributed by atoms with Gasteiger partial charge in [0, 0.05) is 29.9 Å². The van der Waals surface area contributed by atoms with Crippen molar-refractivity contribution < 1.29 is 14.3 Å². The lowest BCUT2D eigenvalue weighted by Gasteiger charge is -2.27. The third-order valence-corrected chi connectivity index (χ3v) is 13.4. The molecule has 3 heterocycles. The van der Waals surface area contributed by atoms with E-state index in [9.17, 15) is 14.4 Å². The number of anilines is 2. The molecule has 2 unspecified atom stereocenters. The van der Waals surface area contributed by atoms with Gasteiger partial charge in [0.05, 0.1) is 11.1 Å². The van der Waals surface area contributed by atoms with E-state index in [0.717, 1.165) is 43.2 Å². The first kappa shape index (κ1) is 37.9. The molecule has 0 radical (unpaired) electrons. The molecule has 1 saturated heterocycles. The fourth-order valence-corrected chi connectivity index (χ4v) is 10.7. The van der Waals surface area contributed by atoms with Crippen LogP contribution in [0, 0.1) is 0 Å². The first-order valence-corrected chi connectivity index (χ1v) is 21.4. The fraction of sp³-hybridized carbons (Fsp3) is 0.261. The van der Waals surface area contributed by atoms with E-state index >= 15 is 0 Å². The summed E-state index contributed by atoms with van der Waals surface area (Å²) >= 11 is 8.00. The molecule has 1 amide bonds. The van der Waals surface area contributed by atoms with Crippen LogP contribution in [0.15, 0.2) is 108 Å². The number of thiazole rings is 1. The number of thioether (sulfide) groups is 1. The number of unbranched alkanes of at least 4 members (excludes halogenated alkanes) is 1. The van der Waals surface area contributed by atoms with Crippen molar-refractivity contribution in [2.24, 2.45) is 0 Å². The first-order valence-electron chi connectivity index (χ1n) is 19.3. The zero-order valence-corrected chi connectivity index (χ0v) is 33.9. The molecular weight excluding hydrogens is 755 g/mol. The highest BCUT2D eigenvalue weighted by atomic mass is 32.2. The minimum atomic E-state index is -0.525. The predicted molar refractivity (Wildman–Crippen MR) is 234 cm³/mol. The number of fused-ring (bicyclic) bond motifs is 3. The number of aromatic nitrogens is 1. The van der Waals surface area contributed by atoms with Crippen LogP contribution in [0.2, 0.25) is 0 Å². The summed E-state index contributed by atoms with van der Waals surface area (Å²) in [5.41, 5.74) is 8.92. The number of amides is 1. The van der Waals surface area contributed by atoms with Crippen LogP contribution in [0.25, 0.3) is 22.6 Å². The van der Waals surface area contributed by atoms with E-state index in [0.29, 0.717) is 36.9 Å². The number of rotatable bonds is 11. The van der Waals surface area contributed by atoms with E-state index in [2.05, 4.69) is 109 Å². The zero-order valence-electron chi connectivity index (χ0n) is 31.5. The Hall–Kier alpha value is -5.03. The molecule has 1 aliphatic carbocycles. The van der Waals surface area contributed by atoms with Crippen LogP contribution < -0.4 is 19.7 Å². The molecule has 1 aromatic heterocycles. The van der Waals surface area contributed by atoms with Crippen molar-refractivity contribution in [1.82, 2.24) is 9.47 Å². The van der Waals surface area contributed by atoms with Crippen molar-refractivity contribution in [2.75, 3.05) is 18.1 Å². The summed E-state index contributed by atoms with van der Waals surface area (Å²) < 4.78 is 7.96. The SMILES string of the molecule is CCCCN1C(=O)C(=c2sc(=Cc3ccc4c(c3)C3CCCC3N4c3ccc(C=C(c4ccccc4)c4ccccc4)cc3)c(=O)n2CC(=O)OCC)SC1=S. The molecule has 0 bridgehead atoms. The van der Waals surface area contributed by atoms with Gasteiger partial charge in [-0.3, -0.25) is 23.9 Å². The summed E-state index contributed by atoms with van der Waals surface area (Å²) in [6, 6.07) is 36.8. The number of carbonyl (C=O) groups is 2. The number of ether oxygens (including phenoxy) is 1. The molecule has 2 aliphatic heterocycles. The Balaban J connectivity index is 1.14. The van der Waals surface area contributed by atoms with Crippen molar-refractivity contribution in [3.63, 3.8) is 0 Å². The van der Waals surface area contributed by atoms with E-state index < -0.39 is 5.97 Å². The molecule has 56 heavy (non-hydrogen) atoms. The zero-order chi connectivity index (χ0) is 38.8. The smallest absolute Gasteiger partial charge is 0.326 e. The van der Waals surface area contributed by atoms with Crippen LogP contribution in [-0.4, -0.2) is 44.9 Å². The van der Waals surface area contributed by atoms with Crippen LogP contribution in [-0.2, 0) is 20.9 Å². The van der Waals surface area contributed by atoms with Crippen LogP contribution in [0.5, 0.6) is 0 Å². The lowest BCUT2D eigenvalue weighted by molar-refractivity contribution is -0.143. The molecule has 5 aromatic rings. The predicted octanol–water partition coefficient (Wildman–Crippen LogP) is 8.45. The van der Waals surface area contributed by atoms with Crippen LogP contribution >= 0.6 is 35.3 Å². The molecule has 0 spiro atoms. The number of benzene rings is 4. The average molecular weight is 798 g/mol. The Morgan fingerprint density at radius 1 is 0.893 bits per heavy atom. The van der Waals surface area contributed by atoms with Crippen LogP contribution in [0.3, 0.4) is 0 Å². The van der Waals surface area contributed by atoms with E-state index in [4.69, 9.17) is 17.0 Å². The Bertz CT molecular complexity index is 2470. The van der Waals surface area contributed by atoms with Crippen molar-refractivity contribution in [3.05, 3.63) is 150 Å². The highest BCUT2D eigenvalue weighted by Gasteiger charge is 2.42. The van der Waals surface area contributed by atoms with Gasteiger partial charge < -0.3 is 9.64 Å². The van der Waals surface area contributed by atoms with E-state index in [1.807, 2.05) is 18.2 Å². The third-order valence-electron chi connectivity index (χ3n) is 10.8. The highest BCUT2D eigenvalue weighted by molar-refractivity contribution is 8.30. The molecule has 1 saturated carbocycles. The van der Waals surface area contributed by atoms with Gasteiger partial charge in [0.25, 0.3) is 11.5 Å². The molecule has 2 atom stereocenters. The minimum Gasteiger partial charge on any atom is -0.465 e. The van der Waals surface area contributed by atoms with Crippen molar-refractivity contribution in [2.45, 2.75) is 64.5 Å². The van der Waals surface area contributed by atoms with E-state index in [1.54, 1.807) is 11.8 Å². The summed E-state index contributed by atoms with van der Waals surface area (Å²) in [5, 5.41) is 0. The Labute approximate surface area is 340 Å². The van der Waals surface area contributed by atoms with Crippen LogP contribution in [0.4, 0.5) is 11.4 Å². The lowest BCUT2D eigenvalue weighted by atomic mass is 9.95. The Morgan fingerprint density at radius 2 is 1.59 bits per heavy atom. The number of carbonyl (C=O) groups excluding carboxylic acids is 2.